The Hall–Kier alpha value is -2.51. The van der Waals surface area contributed by atoms with Crippen LogP contribution in [0.5, 0.6) is 0 Å². The monoisotopic (exact) mass is 389 g/mol. The van der Waals surface area contributed by atoms with Crippen LogP contribution in [0.1, 0.15) is 36.2 Å². The SMILES string of the molecule is CCCc1ccc(C(=O)COC(=O)C(C)NS(=O)(=O)c2ccccc2)cc1. The van der Waals surface area contributed by atoms with E-state index < -0.39 is 28.6 Å². The first-order valence-electron chi connectivity index (χ1n) is 8.69. The van der Waals surface area contributed by atoms with E-state index in [1.165, 1.54) is 19.1 Å². The van der Waals surface area contributed by atoms with Crippen LogP contribution in [-0.2, 0) is 26.0 Å². The Morgan fingerprint density at radius 1 is 1.04 bits per heavy atom. The molecule has 0 aliphatic rings. The summed E-state index contributed by atoms with van der Waals surface area (Å²) in [7, 11) is -3.84. The second-order valence-electron chi connectivity index (χ2n) is 6.13. The highest BCUT2D eigenvalue weighted by Gasteiger charge is 2.23. The van der Waals surface area contributed by atoms with Crippen LogP contribution in [0.25, 0.3) is 0 Å². The average molecular weight is 389 g/mol. The molecule has 0 aliphatic heterocycles. The van der Waals surface area contributed by atoms with Gasteiger partial charge >= 0.3 is 5.97 Å². The Kier molecular flexibility index (Phi) is 7.27. The van der Waals surface area contributed by atoms with Crippen LogP contribution < -0.4 is 4.72 Å². The van der Waals surface area contributed by atoms with Crippen molar-refractivity contribution in [3.05, 3.63) is 65.7 Å². The van der Waals surface area contributed by atoms with Gasteiger partial charge in [0.25, 0.3) is 0 Å². The number of benzene rings is 2. The fraction of sp³-hybridized carbons (Fsp3) is 0.300. The number of rotatable bonds is 9. The maximum absolute atomic E-state index is 12.2. The Bertz CT molecular complexity index is 876. The predicted octanol–water partition coefficient (Wildman–Crippen LogP) is 2.73. The Balaban J connectivity index is 1.90. The van der Waals surface area contributed by atoms with Gasteiger partial charge in [0.15, 0.2) is 12.4 Å². The molecule has 144 valence electrons. The molecule has 0 fully saturated rings. The summed E-state index contributed by atoms with van der Waals surface area (Å²) in [5, 5.41) is 0. The molecule has 0 radical (unpaired) electrons. The third-order valence-electron chi connectivity index (χ3n) is 3.90. The van der Waals surface area contributed by atoms with Gasteiger partial charge in [-0.1, -0.05) is 55.8 Å². The van der Waals surface area contributed by atoms with E-state index >= 15 is 0 Å². The van der Waals surface area contributed by atoms with Crippen molar-refractivity contribution in [1.82, 2.24) is 4.72 Å². The van der Waals surface area contributed by atoms with Crippen LogP contribution >= 0.6 is 0 Å². The number of ether oxygens (including phenoxy) is 1. The lowest BCUT2D eigenvalue weighted by Gasteiger charge is -2.13. The summed E-state index contributed by atoms with van der Waals surface area (Å²) >= 11 is 0. The van der Waals surface area contributed by atoms with E-state index in [0.29, 0.717) is 5.56 Å². The lowest BCUT2D eigenvalue weighted by Crippen LogP contribution is -2.40. The second kappa shape index (κ2) is 9.43. The number of carbonyl (C=O) groups excluding carboxylic acids is 2. The number of esters is 1. The third kappa shape index (κ3) is 6.01. The van der Waals surface area contributed by atoms with E-state index in [0.717, 1.165) is 18.4 Å². The maximum atomic E-state index is 12.2. The van der Waals surface area contributed by atoms with E-state index in [1.54, 1.807) is 30.3 Å². The zero-order valence-electron chi connectivity index (χ0n) is 15.3. The van der Waals surface area contributed by atoms with Gasteiger partial charge in [-0.25, -0.2) is 8.42 Å². The first-order chi connectivity index (χ1) is 12.8. The quantitative estimate of drug-likeness (QED) is 0.526. The number of aryl methyl sites for hydroxylation is 1. The molecule has 0 aliphatic carbocycles. The zero-order chi connectivity index (χ0) is 19.9. The van der Waals surface area contributed by atoms with Crippen LogP contribution in [0.15, 0.2) is 59.5 Å². The van der Waals surface area contributed by atoms with Crippen molar-refractivity contribution in [3.63, 3.8) is 0 Å². The fourth-order valence-corrected chi connectivity index (χ4v) is 3.65. The summed E-state index contributed by atoms with van der Waals surface area (Å²) in [6, 6.07) is 13.7. The van der Waals surface area contributed by atoms with Crippen molar-refractivity contribution in [2.75, 3.05) is 6.61 Å². The fourth-order valence-electron chi connectivity index (χ4n) is 2.44. The average Bonchev–Trinajstić information content (AvgIpc) is 2.67. The summed E-state index contributed by atoms with van der Waals surface area (Å²) in [6.07, 6.45) is 1.95. The number of carbonyl (C=O) groups is 2. The minimum Gasteiger partial charge on any atom is -0.456 e. The van der Waals surface area contributed by atoms with Crippen molar-refractivity contribution in [2.24, 2.45) is 0 Å². The molecule has 7 heteroatoms. The van der Waals surface area contributed by atoms with Crippen LogP contribution in [-0.4, -0.2) is 32.8 Å². The van der Waals surface area contributed by atoms with Gasteiger partial charge in [-0.15, -0.1) is 0 Å². The smallest absolute Gasteiger partial charge is 0.324 e. The van der Waals surface area contributed by atoms with E-state index in [-0.39, 0.29) is 10.7 Å². The standard InChI is InChI=1S/C20H23NO5S/c1-3-7-16-10-12-17(13-11-16)19(22)14-26-20(23)15(2)21-27(24,25)18-8-5-4-6-9-18/h4-6,8-13,15,21H,3,7,14H2,1-2H3. The van der Waals surface area contributed by atoms with Crippen molar-refractivity contribution in [3.8, 4) is 0 Å². The summed E-state index contributed by atoms with van der Waals surface area (Å²) in [6.45, 7) is 3.00. The first kappa shape index (κ1) is 20.8. The van der Waals surface area contributed by atoms with Crippen molar-refractivity contribution >= 4 is 21.8 Å². The number of ketones is 1. The van der Waals surface area contributed by atoms with E-state index in [1.807, 2.05) is 12.1 Å². The van der Waals surface area contributed by atoms with Crippen LogP contribution in [0.3, 0.4) is 0 Å². The minimum atomic E-state index is -3.84. The number of hydrogen-bond acceptors (Lipinski definition) is 5. The molecule has 0 saturated carbocycles. The largest absolute Gasteiger partial charge is 0.456 e. The maximum Gasteiger partial charge on any atom is 0.324 e. The van der Waals surface area contributed by atoms with E-state index in [2.05, 4.69) is 11.6 Å². The van der Waals surface area contributed by atoms with Gasteiger partial charge < -0.3 is 4.74 Å². The van der Waals surface area contributed by atoms with Crippen LogP contribution in [0.4, 0.5) is 0 Å². The highest BCUT2D eigenvalue weighted by atomic mass is 32.2. The Morgan fingerprint density at radius 2 is 1.67 bits per heavy atom. The number of sulfonamides is 1. The number of Topliss-reactive ketones (excluding diaryl/α,β-unsaturated/α-hetero) is 1. The summed E-state index contributed by atoms with van der Waals surface area (Å²) in [5.41, 5.74) is 1.58. The van der Waals surface area contributed by atoms with Crippen molar-refractivity contribution in [2.45, 2.75) is 37.6 Å². The van der Waals surface area contributed by atoms with Crippen molar-refractivity contribution in [1.29, 1.82) is 0 Å². The molecule has 0 aromatic heterocycles. The number of hydrogen-bond donors (Lipinski definition) is 1. The lowest BCUT2D eigenvalue weighted by atomic mass is 10.1. The van der Waals surface area contributed by atoms with E-state index in [9.17, 15) is 18.0 Å². The molecule has 1 atom stereocenters. The molecule has 0 bridgehead atoms. The number of nitrogens with one attached hydrogen (secondary N) is 1. The molecule has 0 saturated heterocycles. The highest BCUT2D eigenvalue weighted by Crippen LogP contribution is 2.10. The first-order valence-corrected chi connectivity index (χ1v) is 10.2. The summed E-state index contributed by atoms with van der Waals surface area (Å²) in [4.78, 5) is 24.2. The molecule has 1 N–H and O–H groups in total. The summed E-state index contributed by atoms with van der Waals surface area (Å²) in [5.74, 6) is -1.16. The molecule has 1 unspecified atom stereocenters. The van der Waals surface area contributed by atoms with Gasteiger partial charge in [0, 0.05) is 5.56 Å². The van der Waals surface area contributed by atoms with Crippen LogP contribution in [0.2, 0.25) is 0 Å². The molecule has 0 heterocycles. The normalized spacial score (nSPS) is 12.4. The minimum absolute atomic E-state index is 0.0490. The van der Waals surface area contributed by atoms with Gasteiger partial charge in [-0.2, -0.15) is 4.72 Å². The van der Waals surface area contributed by atoms with Gasteiger partial charge in [0.1, 0.15) is 6.04 Å². The van der Waals surface area contributed by atoms with Crippen LogP contribution in [0, 0.1) is 0 Å². The molecule has 2 aromatic carbocycles. The van der Waals surface area contributed by atoms with E-state index in [4.69, 9.17) is 4.74 Å². The molecular weight excluding hydrogens is 366 g/mol. The molecule has 2 aromatic rings. The molecule has 0 spiro atoms. The van der Waals surface area contributed by atoms with Gasteiger partial charge in [-0.3, -0.25) is 9.59 Å². The second-order valence-corrected chi connectivity index (χ2v) is 7.85. The van der Waals surface area contributed by atoms with Gasteiger partial charge in [0.2, 0.25) is 10.0 Å². The summed E-state index contributed by atoms with van der Waals surface area (Å²) < 4.78 is 31.6. The molecule has 27 heavy (non-hydrogen) atoms. The van der Waals surface area contributed by atoms with Gasteiger partial charge in [-0.05, 0) is 31.0 Å². The van der Waals surface area contributed by atoms with Crippen molar-refractivity contribution < 1.29 is 22.7 Å². The Morgan fingerprint density at radius 3 is 2.26 bits per heavy atom. The topological polar surface area (TPSA) is 89.5 Å². The third-order valence-corrected chi connectivity index (χ3v) is 5.46. The molecule has 0 amide bonds. The lowest BCUT2D eigenvalue weighted by molar-refractivity contribution is -0.144. The zero-order valence-corrected chi connectivity index (χ0v) is 16.2. The Labute approximate surface area is 159 Å². The molecule has 6 nitrogen and oxygen atoms in total. The predicted molar refractivity (Wildman–Crippen MR) is 102 cm³/mol. The van der Waals surface area contributed by atoms with Gasteiger partial charge in [0.05, 0.1) is 4.90 Å². The molecule has 2 rings (SSSR count). The molecular formula is C20H23NO5S. The highest BCUT2D eigenvalue weighted by molar-refractivity contribution is 7.89.